The first-order valence-electron chi connectivity index (χ1n) is 15.3. The lowest BCUT2D eigenvalue weighted by Gasteiger charge is -2.65. The largest absolute Gasteiger partial charge is 0.465 e. The quantitative estimate of drug-likeness (QED) is 0.313. The summed E-state index contributed by atoms with van der Waals surface area (Å²) in [6.07, 6.45) is -5.12. The van der Waals surface area contributed by atoms with Gasteiger partial charge in [0.2, 0.25) is 0 Å². The average Bonchev–Trinajstić information content (AvgIpc) is 3.11. The number of aliphatic hydroxyl groups is 1. The SMILES string of the molecule is CCC(C)C(=O)OC1C(OC(C)=O)CC(C)(O)C23OC(C)(C)C(CC(OC(=O)c4ccccc4)C12COC(C)=O)C3OC(C)=O. The number of fused-ring (bicyclic) bond motifs is 1. The van der Waals surface area contributed by atoms with Crippen LogP contribution in [0.4, 0.5) is 0 Å². The third kappa shape index (κ3) is 5.82. The zero-order chi connectivity index (χ0) is 33.5. The highest BCUT2D eigenvalue weighted by atomic mass is 16.6. The Morgan fingerprint density at radius 3 is 2.09 bits per heavy atom. The van der Waals surface area contributed by atoms with Crippen molar-refractivity contribution < 1.29 is 57.5 Å². The van der Waals surface area contributed by atoms with Gasteiger partial charge in [0.1, 0.15) is 30.3 Å². The monoisotopic (exact) mass is 632 g/mol. The van der Waals surface area contributed by atoms with Gasteiger partial charge >= 0.3 is 29.8 Å². The number of carbonyl (C=O) groups is 5. The Morgan fingerprint density at radius 1 is 0.911 bits per heavy atom. The predicted octanol–water partition coefficient (Wildman–Crippen LogP) is 3.31. The van der Waals surface area contributed by atoms with E-state index in [1.54, 1.807) is 58.0 Å². The highest BCUT2D eigenvalue weighted by Gasteiger charge is 2.86. The molecule has 1 saturated heterocycles. The van der Waals surface area contributed by atoms with E-state index >= 15 is 0 Å². The number of carbonyl (C=O) groups excluding carboxylic acids is 5. The molecule has 2 saturated carbocycles. The molecule has 1 aromatic carbocycles. The van der Waals surface area contributed by atoms with Crippen LogP contribution in [0.2, 0.25) is 0 Å². The molecule has 1 N–H and O–H groups in total. The Bertz CT molecular complexity index is 1320. The summed E-state index contributed by atoms with van der Waals surface area (Å²) in [4.78, 5) is 64.9. The molecule has 2 aliphatic carbocycles. The van der Waals surface area contributed by atoms with Crippen LogP contribution in [-0.2, 0) is 47.6 Å². The molecule has 3 fully saturated rings. The van der Waals surface area contributed by atoms with Crippen molar-refractivity contribution in [2.75, 3.05) is 6.61 Å². The molecule has 1 aromatic rings. The lowest BCUT2D eigenvalue weighted by molar-refractivity contribution is -0.356. The second-order valence-electron chi connectivity index (χ2n) is 13.2. The van der Waals surface area contributed by atoms with Crippen molar-refractivity contribution in [3.63, 3.8) is 0 Å². The van der Waals surface area contributed by atoms with Gasteiger partial charge in [-0.25, -0.2) is 4.79 Å². The Morgan fingerprint density at radius 2 is 1.53 bits per heavy atom. The van der Waals surface area contributed by atoms with Gasteiger partial charge in [0, 0.05) is 33.1 Å². The first-order chi connectivity index (χ1) is 20.9. The number of esters is 5. The van der Waals surface area contributed by atoms with Crippen LogP contribution in [0.5, 0.6) is 0 Å². The summed E-state index contributed by atoms with van der Waals surface area (Å²) >= 11 is 0. The molecule has 3 aliphatic rings. The van der Waals surface area contributed by atoms with E-state index in [4.69, 9.17) is 28.4 Å². The minimum absolute atomic E-state index is 0.00715. The van der Waals surface area contributed by atoms with Gasteiger partial charge in [-0.05, 0) is 45.7 Å². The maximum absolute atomic E-state index is 13.7. The fourth-order valence-corrected chi connectivity index (χ4v) is 7.62. The molecular formula is C33H44O12. The van der Waals surface area contributed by atoms with Crippen molar-refractivity contribution in [1.82, 2.24) is 0 Å². The maximum atomic E-state index is 13.7. The van der Waals surface area contributed by atoms with Gasteiger partial charge < -0.3 is 33.5 Å². The minimum atomic E-state index is -1.99. The number of rotatable bonds is 9. The van der Waals surface area contributed by atoms with Crippen molar-refractivity contribution >= 4 is 29.8 Å². The predicted molar refractivity (Wildman–Crippen MR) is 156 cm³/mol. The Balaban J connectivity index is 2.07. The zero-order valence-corrected chi connectivity index (χ0v) is 27.1. The second-order valence-corrected chi connectivity index (χ2v) is 13.2. The molecule has 12 heteroatoms. The van der Waals surface area contributed by atoms with E-state index in [9.17, 15) is 29.1 Å². The van der Waals surface area contributed by atoms with Crippen LogP contribution >= 0.6 is 0 Å². The topological polar surface area (TPSA) is 161 Å². The minimum Gasteiger partial charge on any atom is -0.465 e. The molecule has 45 heavy (non-hydrogen) atoms. The molecule has 9 atom stereocenters. The molecule has 4 rings (SSSR count). The Hall–Kier alpha value is -3.51. The van der Waals surface area contributed by atoms with Crippen molar-refractivity contribution in [3.8, 4) is 0 Å². The summed E-state index contributed by atoms with van der Waals surface area (Å²) in [6.45, 7) is 11.4. The second kappa shape index (κ2) is 12.4. The maximum Gasteiger partial charge on any atom is 0.338 e. The van der Waals surface area contributed by atoms with Gasteiger partial charge in [-0.3, -0.25) is 19.2 Å². The number of hydrogen-bond acceptors (Lipinski definition) is 12. The zero-order valence-electron chi connectivity index (χ0n) is 27.1. The molecule has 1 aliphatic heterocycles. The molecule has 1 heterocycles. The van der Waals surface area contributed by atoms with Gasteiger partial charge in [-0.1, -0.05) is 32.0 Å². The summed E-state index contributed by atoms with van der Waals surface area (Å²) in [5, 5.41) is 12.5. The first-order valence-corrected chi connectivity index (χ1v) is 15.3. The molecule has 12 nitrogen and oxygen atoms in total. The summed E-state index contributed by atoms with van der Waals surface area (Å²) in [5.41, 5.74) is -6.81. The van der Waals surface area contributed by atoms with E-state index in [0.717, 1.165) is 0 Å². The number of benzene rings is 1. The molecule has 9 unspecified atom stereocenters. The number of ether oxygens (including phenoxy) is 6. The first kappa shape index (κ1) is 34.4. The Labute approximate surface area is 263 Å². The average molecular weight is 633 g/mol. The molecular weight excluding hydrogens is 588 g/mol. The molecule has 0 radical (unpaired) electrons. The van der Waals surface area contributed by atoms with Crippen molar-refractivity contribution in [2.24, 2.45) is 17.3 Å². The van der Waals surface area contributed by atoms with Crippen LogP contribution in [0.25, 0.3) is 0 Å². The van der Waals surface area contributed by atoms with Crippen LogP contribution in [0.1, 0.15) is 85.0 Å². The molecule has 0 amide bonds. The number of hydrogen-bond donors (Lipinski definition) is 1. The van der Waals surface area contributed by atoms with Gasteiger partial charge in [0.15, 0.2) is 11.7 Å². The van der Waals surface area contributed by atoms with E-state index in [1.807, 2.05) is 0 Å². The molecule has 2 bridgehead atoms. The summed E-state index contributed by atoms with van der Waals surface area (Å²) < 4.78 is 36.7. The van der Waals surface area contributed by atoms with Crippen molar-refractivity contribution in [2.45, 2.75) is 116 Å². The Kier molecular flexibility index (Phi) is 9.43. The van der Waals surface area contributed by atoms with Gasteiger partial charge in [-0.2, -0.15) is 0 Å². The van der Waals surface area contributed by atoms with Crippen LogP contribution in [-0.4, -0.2) is 82.8 Å². The molecule has 1 spiro atoms. The van der Waals surface area contributed by atoms with Crippen LogP contribution < -0.4 is 0 Å². The highest BCUT2D eigenvalue weighted by Crippen LogP contribution is 2.69. The van der Waals surface area contributed by atoms with Gasteiger partial charge in [0.25, 0.3) is 0 Å². The van der Waals surface area contributed by atoms with E-state index in [0.29, 0.717) is 6.42 Å². The summed E-state index contributed by atoms with van der Waals surface area (Å²) in [5.74, 6) is -4.75. The van der Waals surface area contributed by atoms with Crippen LogP contribution in [0.15, 0.2) is 30.3 Å². The van der Waals surface area contributed by atoms with E-state index in [2.05, 4.69) is 0 Å². The van der Waals surface area contributed by atoms with E-state index in [1.165, 1.54) is 27.7 Å². The van der Waals surface area contributed by atoms with E-state index < -0.39 is 94.9 Å². The fraction of sp³-hybridized carbons (Fsp3) is 0.667. The van der Waals surface area contributed by atoms with Crippen LogP contribution in [0, 0.1) is 17.3 Å². The van der Waals surface area contributed by atoms with Crippen molar-refractivity contribution in [1.29, 1.82) is 0 Å². The fourth-order valence-electron chi connectivity index (χ4n) is 7.62. The standard InChI is InChI=1S/C33H44O12/c1-9-18(2)28(37)44-27-24(41-20(4)35)16-31(8,39)33-26(42-21(5)36)23(30(6,7)45-33)15-25(32(27,33)17-40-19(3)34)43-29(38)22-13-11-10-12-14-22/h10-14,18,23-27,39H,9,15-17H2,1-8H3. The third-order valence-corrected chi connectivity index (χ3v) is 9.70. The van der Waals surface area contributed by atoms with Crippen LogP contribution in [0.3, 0.4) is 0 Å². The highest BCUT2D eigenvalue weighted by molar-refractivity contribution is 5.89. The lowest BCUT2D eigenvalue weighted by atomic mass is 9.46. The summed E-state index contributed by atoms with van der Waals surface area (Å²) in [6, 6.07) is 8.20. The van der Waals surface area contributed by atoms with Crippen molar-refractivity contribution in [3.05, 3.63) is 35.9 Å². The smallest absolute Gasteiger partial charge is 0.338 e. The normalized spacial score (nSPS) is 35.3. The summed E-state index contributed by atoms with van der Waals surface area (Å²) in [7, 11) is 0. The lowest BCUT2D eigenvalue weighted by Crippen LogP contribution is -2.83. The third-order valence-electron chi connectivity index (χ3n) is 9.70. The molecule has 248 valence electrons. The van der Waals surface area contributed by atoms with E-state index in [-0.39, 0.29) is 18.4 Å². The molecule has 0 aromatic heterocycles. The van der Waals surface area contributed by atoms with Gasteiger partial charge in [-0.15, -0.1) is 0 Å². The van der Waals surface area contributed by atoms with Gasteiger partial charge in [0.05, 0.1) is 22.7 Å².